The van der Waals surface area contributed by atoms with E-state index in [-0.39, 0.29) is 5.91 Å². The third kappa shape index (κ3) is 4.54. The number of H-pyrrole nitrogens is 1. The maximum absolute atomic E-state index is 12.8. The minimum atomic E-state index is 0.132. The highest BCUT2D eigenvalue weighted by Gasteiger charge is 2.32. The number of rotatable bonds is 8. The lowest BCUT2D eigenvalue weighted by molar-refractivity contribution is -0.129. The van der Waals surface area contributed by atoms with Gasteiger partial charge in [0.25, 0.3) is 0 Å². The molecule has 0 saturated heterocycles. The van der Waals surface area contributed by atoms with Gasteiger partial charge in [0.05, 0.1) is 12.9 Å². The van der Waals surface area contributed by atoms with Crippen LogP contribution in [0.1, 0.15) is 18.4 Å². The highest BCUT2D eigenvalue weighted by Crippen LogP contribution is 2.30. The maximum atomic E-state index is 12.8. The zero-order valence-corrected chi connectivity index (χ0v) is 16.5. The molecular weight excluding hydrogens is 372 g/mol. The number of nitrogens with one attached hydrogen (secondary N) is 1. The van der Waals surface area contributed by atoms with Crippen LogP contribution in [0.15, 0.2) is 59.8 Å². The van der Waals surface area contributed by atoms with Gasteiger partial charge in [-0.05, 0) is 42.7 Å². The molecule has 0 bridgehead atoms. The summed E-state index contributed by atoms with van der Waals surface area (Å²) >= 11 is 1.37. The number of nitrogens with zero attached hydrogens (tertiary/aromatic N) is 3. The van der Waals surface area contributed by atoms with Crippen molar-refractivity contribution in [1.82, 2.24) is 20.1 Å². The molecule has 1 amide bonds. The number of ether oxygens (including phenoxy) is 1. The number of carbonyl (C=O) groups is 1. The molecule has 1 aliphatic rings. The van der Waals surface area contributed by atoms with Crippen LogP contribution >= 0.6 is 11.8 Å². The third-order valence-corrected chi connectivity index (χ3v) is 5.49. The Bertz CT molecular complexity index is 923. The van der Waals surface area contributed by atoms with Crippen LogP contribution in [-0.2, 0) is 11.3 Å². The average Bonchev–Trinajstić information content (AvgIpc) is 3.48. The molecule has 28 heavy (non-hydrogen) atoms. The van der Waals surface area contributed by atoms with E-state index in [1.165, 1.54) is 11.8 Å². The van der Waals surface area contributed by atoms with Crippen molar-refractivity contribution in [2.45, 2.75) is 30.6 Å². The molecule has 0 radical (unpaired) electrons. The Kier molecular flexibility index (Phi) is 5.62. The molecule has 1 heterocycles. The van der Waals surface area contributed by atoms with Crippen molar-refractivity contribution >= 4 is 17.7 Å². The Morgan fingerprint density at radius 1 is 1.18 bits per heavy atom. The first-order valence-corrected chi connectivity index (χ1v) is 10.2. The monoisotopic (exact) mass is 394 g/mol. The van der Waals surface area contributed by atoms with E-state index < -0.39 is 0 Å². The van der Waals surface area contributed by atoms with Gasteiger partial charge < -0.3 is 9.64 Å². The number of methoxy groups -OCH3 is 1. The van der Waals surface area contributed by atoms with Crippen LogP contribution in [0.4, 0.5) is 0 Å². The minimum Gasteiger partial charge on any atom is -0.497 e. The smallest absolute Gasteiger partial charge is 0.233 e. The second-order valence-corrected chi connectivity index (χ2v) is 7.66. The second kappa shape index (κ2) is 8.48. The molecule has 144 valence electrons. The quantitative estimate of drug-likeness (QED) is 0.589. The molecule has 0 spiro atoms. The topological polar surface area (TPSA) is 71.1 Å². The fraction of sp³-hybridized carbons (Fsp3) is 0.286. The first-order chi connectivity index (χ1) is 13.7. The lowest BCUT2D eigenvalue weighted by Gasteiger charge is -2.22. The second-order valence-electron chi connectivity index (χ2n) is 6.72. The van der Waals surface area contributed by atoms with E-state index in [1.807, 2.05) is 47.4 Å². The molecule has 4 rings (SSSR count). The van der Waals surface area contributed by atoms with Crippen LogP contribution in [0.2, 0.25) is 0 Å². The largest absolute Gasteiger partial charge is 0.497 e. The van der Waals surface area contributed by atoms with Crippen LogP contribution in [0.5, 0.6) is 5.75 Å². The standard InChI is InChI=1S/C21H22N4O2S/c1-27-18-11-7-16(8-12-18)20-22-21(24-23-20)28-14-19(26)25(17-9-10-17)13-15-5-3-2-4-6-15/h2-8,11-12,17H,9-10,13-14H2,1H3,(H,22,23,24). The van der Waals surface area contributed by atoms with Gasteiger partial charge in [-0.1, -0.05) is 42.1 Å². The van der Waals surface area contributed by atoms with Gasteiger partial charge in [0, 0.05) is 18.2 Å². The summed E-state index contributed by atoms with van der Waals surface area (Å²) in [7, 11) is 1.64. The summed E-state index contributed by atoms with van der Waals surface area (Å²) in [5, 5.41) is 7.75. The van der Waals surface area contributed by atoms with Crippen molar-refractivity contribution in [3.05, 3.63) is 60.2 Å². The zero-order chi connectivity index (χ0) is 19.3. The summed E-state index contributed by atoms with van der Waals surface area (Å²) in [5.74, 6) is 1.94. The van der Waals surface area contributed by atoms with Gasteiger partial charge in [0.2, 0.25) is 11.1 Å². The van der Waals surface area contributed by atoms with Gasteiger partial charge in [-0.3, -0.25) is 9.89 Å². The van der Waals surface area contributed by atoms with E-state index >= 15 is 0 Å². The first kappa shape index (κ1) is 18.6. The molecule has 1 aliphatic carbocycles. The molecule has 0 aliphatic heterocycles. The number of thioether (sulfide) groups is 1. The molecule has 7 heteroatoms. The molecule has 1 aromatic heterocycles. The summed E-state index contributed by atoms with van der Waals surface area (Å²) < 4.78 is 5.17. The number of aromatic nitrogens is 3. The van der Waals surface area contributed by atoms with Crippen molar-refractivity contribution < 1.29 is 9.53 Å². The molecular formula is C21H22N4O2S. The average molecular weight is 395 g/mol. The van der Waals surface area contributed by atoms with E-state index in [4.69, 9.17) is 4.74 Å². The van der Waals surface area contributed by atoms with Gasteiger partial charge in [-0.2, -0.15) is 0 Å². The van der Waals surface area contributed by atoms with Crippen molar-refractivity contribution in [2.75, 3.05) is 12.9 Å². The normalized spacial score (nSPS) is 13.3. The number of hydrogen-bond donors (Lipinski definition) is 1. The van der Waals surface area contributed by atoms with Crippen molar-refractivity contribution in [3.63, 3.8) is 0 Å². The number of aromatic amines is 1. The van der Waals surface area contributed by atoms with Crippen LogP contribution in [0.3, 0.4) is 0 Å². The predicted octanol–water partition coefficient (Wildman–Crippen LogP) is 3.76. The van der Waals surface area contributed by atoms with E-state index in [1.54, 1.807) is 7.11 Å². The van der Waals surface area contributed by atoms with E-state index in [2.05, 4.69) is 27.3 Å². The lowest BCUT2D eigenvalue weighted by Crippen LogP contribution is -2.33. The van der Waals surface area contributed by atoms with Crippen LogP contribution < -0.4 is 4.74 Å². The Hall–Kier alpha value is -2.80. The third-order valence-electron chi connectivity index (χ3n) is 4.66. The summed E-state index contributed by atoms with van der Waals surface area (Å²) in [6, 6.07) is 18.1. The molecule has 1 fully saturated rings. The highest BCUT2D eigenvalue weighted by atomic mass is 32.2. The molecule has 6 nitrogen and oxygen atoms in total. The fourth-order valence-corrected chi connectivity index (χ4v) is 3.67. The molecule has 1 N–H and O–H groups in total. The summed E-state index contributed by atoms with van der Waals surface area (Å²) in [5.41, 5.74) is 2.09. The molecule has 1 saturated carbocycles. The van der Waals surface area contributed by atoms with Crippen LogP contribution in [0.25, 0.3) is 11.4 Å². The molecule has 0 unspecified atom stereocenters. The van der Waals surface area contributed by atoms with E-state index in [0.29, 0.717) is 29.3 Å². The lowest BCUT2D eigenvalue weighted by atomic mass is 10.2. The van der Waals surface area contributed by atoms with Crippen molar-refractivity contribution in [2.24, 2.45) is 0 Å². The highest BCUT2D eigenvalue weighted by molar-refractivity contribution is 7.99. The van der Waals surface area contributed by atoms with Gasteiger partial charge in [0.1, 0.15) is 5.75 Å². The number of carbonyl (C=O) groups excluding carboxylic acids is 1. The minimum absolute atomic E-state index is 0.132. The Labute approximate surface area is 168 Å². The fourth-order valence-electron chi connectivity index (χ4n) is 2.99. The zero-order valence-electron chi connectivity index (χ0n) is 15.7. The summed E-state index contributed by atoms with van der Waals surface area (Å²) in [6.07, 6.45) is 2.18. The van der Waals surface area contributed by atoms with Gasteiger partial charge in [0.15, 0.2) is 5.82 Å². The Morgan fingerprint density at radius 2 is 1.93 bits per heavy atom. The molecule has 3 aromatic rings. The van der Waals surface area contributed by atoms with Crippen molar-refractivity contribution in [3.8, 4) is 17.1 Å². The van der Waals surface area contributed by atoms with E-state index in [0.717, 1.165) is 29.7 Å². The van der Waals surface area contributed by atoms with Crippen molar-refractivity contribution in [1.29, 1.82) is 0 Å². The predicted molar refractivity (Wildman–Crippen MR) is 109 cm³/mol. The van der Waals surface area contributed by atoms with Crippen LogP contribution in [-0.4, -0.2) is 44.9 Å². The Morgan fingerprint density at radius 3 is 2.61 bits per heavy atom. The Balaban J connectivity index is 1.36. The summed E-state index contributed by atoms with van der Waals surface area (Å²) in [6.45, 7) is 0.663. The number of benzene rings is 2. The van der Waals surface area contributed by atoms with Gasteiger partial charge in [-0.15, -0.1) is 5.10 Å². The molecule has 0 atom stereocenters. The molecule has 2 aromatic carbocycles. The number of amides is 1. The van der Waals surface area contributed by atoms with Gasteiger partial charge >= 0.3 is 0 Å². The van der Waals surface area contributed by atoms with E-state index in [9.17, 15) is 4.79 Å². The SMILES string of the molecule is COc1ccc(-c2nc(SCC(=O)N(Cc3ccccc3)C3CC3)n[nH]2)cc1. The first-order valence-electron chi connectivity index (χ1n) is 9.26. The van der Waals surface area contributed by atoms with Gasteiger partial charge in [-0.25, -0.2) is 4.98 Å². The van der Waals surface area contributed by atoms with Crippen LogP contribution in [0, 0.1) is 0 Å². The maximum Gasteiger partial charge on any atom is 0.233 e. The number of hydrogen-bond acceptors (Lipinski definition) is 5. The summed E-state index contributed by atoms with van der Waals surface area (Å²) in [4.78, 5) is 19.3.